The molecule has 5 nitrogen and oxygen atoms in total. The Morgan fingerprint density at radius 3 is 2.37 bits per heavy atom. The van der Waals surface area contributed by atoms with Gasteiger partial charge in [-0.2, -0.15) is 5.26 Å². The largest absolute Gasteiger partial charge is 0.278 e. The van der Waals surface area contributed by atoms with Crippen LogP contribution in [0.3, 0.4) is 0 Å². The Kier molecular flexibility index (Phi) is 5.44. The van der Waals surface area contributed by atoms with Crippen LogP contribution in [0.15, 0.2) is 93.7 Å². The monoisotopic (exact) mass is 431 g/mol. The van der Waals surface area contributed by atoms with Crippen molar-refractivity contribution in [3.05, 3.63) is 90.0 Å². The van der Waals surface area contributed by atoms with Gasteiger partial charge in [-0.3, -0.25) is 4.72 Å². The molecule has 1 N–H and O–H groups in total. The summed E-state index contributed by atoms with van der Waals surface area (Å²) in [6.07, 6.45) is 0. The molecule has 0 aliphatic heterocycles. The first kappa shape index (κ1) is 20.0. The van der Waals surface area contributed by atoms with E-state index in [0.717, 1.165) is 16.5 Å². The first-order valence-electron chi connectivity index (χ1n) is 9.14. The molecule has 0 radical (unpaired) electrons. The van der Waals surface area contributed by atoms with Crippen molar-refractivity contribution in [1.82, 2.24) is 4.98 Å². The number of para-hydroxylation sites is 2. The quantitative estimate of drug-likeness (QED) is 0.459. The number of nitrogens with one attached hydrogen (secondary N) is 1. The smallest absolute Gasteiger partial charge is 0.261 e. The fourth-order valence-corrected chi connectivity index (χ4v) is 5.30. The molecule has 0 saturated carbocycles. The summed E-state index contributed by atoms with van der Waals surface area (Å²) < 4.78 is 28.2. The van der Waals surface area contributed by atoms with Gasteiger partial charge in [-0.05, 0) is 42.8 Å². The van der Waals surface area contributed by atoms with Crippen LogP contribution in [0.25, 0.3) is 10.9 Å². The third-order valence-electron chi connectivity index (χ3n) is 4.62. The van der Waals surface area contributed by atoms with Crippen molar-refractivity contribution in [2.24, 2.45) is 0 Å². The fourth-order valence-electron chi connectivity index (χ4n) is 3.10. The van der Waals surface area contributed by atoms with E-state index in [1.165, 1.54) is 11.8 Å². The number of hydrogen-bond donors (Lipinski definition) is 1. The van der Waals surface area contributed by atoms with E-state index in [1.807, 2.05) is 37.3 Å². The van der Waals surface area contributed by atoms with Crippen molar-refractivity contribution in [1.29, 1.82) is 5.26 Å². The fraction of sp³-hybridized carbons (Fsp3) is 0.0435. The second-order valence-electron chi connectivity index (χ2n) is 6.56. The zero-order valence-corrected chi connectivity index (χ0v) is 17.7. The molecule has 1 aromatic heterocycles. The van der Waals surface area contributed by atoms with E-state index in [-0.39, 0.29) is 4.90 Å². The minimum Gasteiger partial charge on any atom is -0.278 e. The topological polar surface area (TPSA) is 82.9 Å². The van der Waals surface area contributed by atoms with Gasteiger partial charge in [0.2, 0.25) is 0 Å². The molecular formula is C23H17N3O2S2. The van der Waals surface area contributed by atoms with Crippen molar-refractivity contribution in [2.75, 3.05) is 4.72 Å². The number of anilines is 1. The highest BCUT2D eigenvalue weighted by Gasteiger charge is 2.18. The number of aromatic nitrogens is 1. The van der Waals surface area contributed by atoms with Crippen molar-refractivity contribution < 1.29 is 8.42 Å². The zero-order chi connectivity index (χ0) is 21.1. The molecule has 0 aliphatic rings. The van der Waals surface area contributed by atoms with Crippen LogP contribution in [-0.2, 0) is 10.0 Å². The van der Waals surface area contributed by atoms with Gasteiger partial charge >= 0.3 is 0 Å². The lowest BCUT2D eigenvalue weighted by Gasteiger charge is -2.14. The summed E-state index contributed by atoms with van der Waals surface area (Å²) in [6, 6.07) is 25.2. The number of nitrogens with zero attached hydrogens (tertiary/aromatic N) is 2. The predicted molar refractivity (Wildman–Crippen MR) is 119 cm³/mol. The number of hydrogen-bond acceptors (Lipinski definition) is 5. The molecule has 4 rings (SSSR count). The van der Waals surface area contributed by atoms with Crippen molar-refractivity contribution in [3.63, 3.8) is 0 Å². The van der Waals surface area contributed by atoms with Gasteiger partial charge in [0.1, 0.15) is 11.1 Å². The predicted octanol–water partition coefficient (Wildman–Crippen LogP) is 5.37. The van der Waals surface area contributed by atoms with Crippen molar-refractivity contribution in [2.45, 2.75) is 21.7 Å². The van der Waals surface area contributed by atoms with E-state index < -0.39 is 10.0 Å². The third kappa shape index (κ3) is 3.88. The SMILES string of the molecule is Cc1c(C#N)c(Sc2ccccc2NS(=O)(=O)c2ccccc2)nc2ccccc12. The van der Waals surface area contributed by atoms with Crippen molar-refractivity contribution in [3.8, 4) is 6.07 Å². The Balaban J connectivity index is 1.75. The second-order valence-corrected chi connectivity index (χ2v) is 9.28. The zero-order valence-electron chi connectivity index (χ0n) is 16.0. The molecule has 3 aromatic carbocycles. The Morgan fingerprint density at radius 2 is 1.60 bits per heavy atom. The Hall–Kier alpha value is -3.34. The van der Waals surface area contributed by atoms with Gasteiger partial charge in [-0.25, -0.2) is 13.4 Å². The maximum Gasteiger partial charge on any atom is 0.261 e. The summed E-state index contributed by atoms with van der Waals surface area (Å²) in [5.74, 6) is 0. The standard InChI is InChI=1S/C23H17N3O2S2/c1-16-18-11-5-6-12-20(18)25-23(19(16)15-24)29-22-14-8-7-13-21(22)26-30(27,28)17-9-3-2-4-10-17/h2-14,26H,1H3. The van der Waals surface area contributed by atoms with Gasteiger partial charge < -0.3 is 0 Å². The van der Waals surface area contributed by atoms with Crippen LogP contribution in [0.4, 0.5) is 5.69 Å². The van der Waals surface area contributed by atoms with E-state index in [2.05, 4.69) is 15.8 Å². The maximum atomic E-state index is 12.8. The summed E-state index contributed by atoms with van der Waals surface area (Å²) in [7, 11) is -3.74. The summed E-state index contributed by atoms with van der Waals surface area (Å²) >= 11 is 1.27. The number of nitriles is 1. The molecule has 148 valence electrons. The van der Waals surface area contributed by atoms with E-state index in [0.29, 0.717) is 21.2 Å². The third-order valence-corrected chi connectivity index (χ3v) is 7.07. The van der Waals surface area contributed by atoms with E-state index in [1.54, 1.807) is 48.5 Å². The normalized spacial score (nSPS) is 11.2. The first-order chi connectivity index (χ1) is 14.5. The highest BCUT2D eigenvalue weighted by atomic mass is 32.2. The van der Waals surface area contributed by atoms with Crippen LogP contribution in [0.1, 0.15) is 11.1 Å². The van der Waals surface area contributed by atoms with Crippen LogP contribution in [0.5, 0.6) is 0 Å². The molecule has 0 aliphatic carbocycles. The van der Waals surface area contributed by atoms with Crippen LogP contribution in [0.2, 0.25) is 0 Å². The van der Waals surface area contributed by atoms with Crippen LogP contribution >= 0.6 is 11.8 Å². The van der Waals surface area contributed by atoms with Crippen LogP contribution < -0.4 is 4.72 Å². The molecule has 1 heterocycles. The van der Waals surface area contributed by atoms with Crippen LogP contribution in [-0.4, -0.2) is 13.4 Å². The van der Waals surface area contributed by atoms with Gasteiger partial charge in [-0.15, -0.1) is 0 Å². The molecule has 0 unspecified atom stereocenters. The van der Waals surface area contributed by atoms with Gasteiger partial charge in [0, 0.05) is 10.3 Å². The van der Waals surface area contributed by atoms with Gasteiger partial charge in [0.15, 0.2) is 0 Å². The van der Waals surface area contributed by atoms with Gasteiger partial charge in [0.05, 0.1) is 21.7 Å². The first-order valence-corrected chi connectivity index (χ1v) is 11.4. The van der Waals surface area contributed by atoms with E-state index >= 15 is 0 Å². The maximum absolute atomic E-state index is 12.8. The molecule has 0 amide bonds. The van der Waals surface area contributed by atoms with E-state index in [4.69, 9.17) is 0 Å². The highest BCUT2D eigenvalue weighted by Crippen LogP contribution is 2.37. The molecular weight excluding hydrogens is 414 g/mol. The average Bonchev–Trinajstić information content (AvgIpc) is 2.76. The lowest BCUT2D eigenvalue weighted by Crippen LogP contribution is -2.13. The Bertz CT molecular complexity index is 1380. The van der Waals surface area contributed by atoms with Gasteiger partial charge in [0.25, 0.3) is 10.0 Å². The molecule has 0 bridgehead atoms. The molecule has 0 saturated heterocycles. The molecule has 0 fully saturated rings. The minimum atomic E-state index is -3.74. The molecule has 7 heteroatoms. The van der Waals surface area contributed by atoms with Crippen LogP contribution in [0, 0.1) is 18.3 Å². The number of aryl methyl sites for hydroxylation is 1. The van der Waals surface area contributed by atoms with Crippen molar-refractivity contribution >= 4 is 38.4 Å². The number of fused-ring (bicyclic) bond motifs is 1. The Labute approximate surface area is 179 Å². The summed E-state index contributed by atoms with van der Waals surface area (Å²) in [5, 5.41) is 11.2. The average molecular weight is 432 g/mol. The lowest BCUT2D eigenvalue weighted by atomic mass is 10.1. The molecule has 4 aromatic rings. The molecule has 30 heavy (non-hydrogen) atoms. The number of rotatable bonds is 5. The summed E-state index contributed by atoms with van der Waals surface area (Å²) in [6.45, 7) is 1.90. The number of pyridine rings is 1. The van der Waals surface area contributed by atoms with Gasteiger partial charge in [-0.1, -0.05) is 60.3 Å². The highest BCUT2D eigenvalue weighted by molar-refractivity contribution is 7.99. The summed E-state index contributed by atoms with van der Waals surface area (Å²) in [4.78, 5) is 5.51. The minimum absolute atomic E-state index is 0.183. The number of benzene rings is 3. The van der Waals surface area contributed by atoms with E-state index in [9.17, 15) is 13.7 Å². The molecule has 0 atom stereocenters. The summed E-state index contributed by atoms with van der Waals surface area (Å²) in [5.41, 5.74) is 2.56. The number of sulfonamides is 1. The Morgan fingerprint density at radius 1 is 0.933 bits per heavy atom. The molecule has 0 spiro atoms. The lowest BCUT2D eigenvalue weighted by molar-refractivity contribution is 0.601. The second kappa shape index (κ2) is 8.19.